The predicted molar refractivity (Wildman–Crippen MR) is 62.9 cm³/mol. The number of nitrogens with zero attached hydrogens (tertiary/aromatic N) is 1. The van der Waals surface area contributed by atoms with E-state index in [-0.39, 0.29) is 11.4 Å². The van der Waals surface area contributed by atoms with Gasteiger partial charge in [-0.1, -0.05) is 0 Å². The number of halogens is 1. The maximum Gasteiger partial charge on any atom is 0.123 e. The third-order valence-electron chi connectivity index (χ3n) is 3.73. The van der Waals surface area contributed by atoms with Gasteiger partial charge in [-0.05, 0) is 49.4 Å². The van der Waals surface area contributed by atoms with Gasteiger partial charge in [0.15, 0.2) is 0 Å². The molecule has 3 rings (SSSR count). The smallest absolute Gasteiger partial charge is 0.123 e. The van der Waals surface area contributed by atoms with E-state index in [2.05, 4.69) is 4.90 Å². The first-order valence-electron chi connectivity index (χ1n) is 6.03. The van der Waals surface area contributed by atoms with Crippen molar-refractivity contribution < 1.29 is 4.39 Å². The molecule has 1 aromatic rings. The molecule has 1 saturated carbocycles. The fourth-order valence-corrected chi connectivity index (χ4v) is 2.54. The summed E-state index contributed by atoms with van der Waals surface area (Å²) in [5.74, 6) is -0.172. The van der Waals surface area contributed by atoms with Crippen LogP contribution in [0.15, 0.2) is 18.2 Å². The van der Waals surface area contributed by atoms with Crippen LogP contribution in [0.5, 0.6) is 0 Å². The quantitative estimate of drug-likeness (QED) is 0.829. The topological polar surface area (TPSA) is 29.3 Å². The van der Waals surface area contributed by atoms with Crippen LogP contribution < -0.4 is 10.6 Å². The molecular formula is C13H17FN2. The lowest BCUT2D eigenvalue weighted by atomic mass is 10.0. The third-order valence-corrected chi connectivity index (χ3v) is 3.73. The van der Waals surface area contributed by atoms with Crippen LogP contribution in [0.25, 0.3) is 0 Å². The number of anilines is 1. The predicted octanol–water partition coefficient (Wildman–Crippen LogP) is 2.37. The molecule has 16 heavy (non-hydrogen) atoms. The van der Waals surface area contributed by atoms with Crippen LogP contribution in [0, 0.1) is 5.82 Å². The van der Waals surface area contributed by atoms with E-state index < -0.39 is 0 Å². The summed E-state index contributed by atoms with van der Waals surface area (Å²) in [5, 5.41) is 0. The third kappa shape index (κ3) is 1.59. The van der Waals surface area contributed by atoms with Crippen LogP contribution in [0.2, 0.25) is 0 Å². The van der Waals surface area contributed by atoms with Crippen LogP contribution in [-0.2, 0) is 5.54 Å². The van der Waals surface area contributed by atoms with Gasteiger partial charge in [-0.3, -0.25) is 0 Å². The summed E-state index contributed by atoms with van der Waals surface area (Å²) in [6.07, 6.45) is 4.43. The summed E-state index contributed by atoms with van der Waals surface area (Å²) >= 11 is 0. The zero-order valence-electron chi connectivity index (χ0n) is 9.38. The highest BCUT2D eigenvalue weighted by Crippen LogP contribution is 2.47. The largest absolute Gasteiger partial charge is 0.371 e. The molecule has 0 aromatic heterocycles. The van der Waals surface area contributed by atoms with Crippen molar-refractivity contribution in [1.82, 2.24) is 0 Å². The van der Waals surface area contributed by atoms with E-state index in [0.717, 1.165) is 37.2 Å². The molecule has 1 heterocycles. The highest BCUT2D eigenvalue weighted by molar-refractivity contribution is 5.58. The van der Waals surface area contributed by atoms with Crippen molar-refractivity contribution in [2.24, 2.45) is 5.73 Å². The van der Waals surface area contributed by atoms with E-state index in [0.29, 0.717) is 0 Å². The molecule has 0 radical (unpaired) electrons. The molecule has 1 saturated heterocycles. The van der Waals surface area contributed by atoms with Gasteiger partial charge in [-0.25, -0.2) is 4.39 Å². The number of rotatable bonds is 2. The van der Waals surface area contributed by atoms with Crippen molar-refractivity contribution in [2.75, 3.05) is 18.0 Å². The van der Waals surface area contributed by atoms with Crippen molar-refractivity contribution in [3.63, 3.8) is 0 Å². The lowest BCUT2D eigenvalue weighted by molar-refractivity contribution is 0.617. The van der Waals surface area contributed by atoms with Gasteiger partial charge in [0, 0.05) is 24.3 Å². The monoisotopic (exact) mass is 220 g/mol. The molecule has 1 aliphatic carbocycles. The van der Waals surface area contributed by atoms with Gasteiger partial charge in [0.25, 0.3) is 0 Å². The maximum absolute atomic E-state index is 13.3. The van der Waals surface area contributed by atoms with Gasteiger partial charge in [0.2, 0.25) is 0 Å². The van der Waals surface area contributed by atoms with Crippen molar-refractivity contribution in [3.05, 3.63) is 29.6 Å². The van der Waals surface area contributed by atoms with Crippen molar-refractivity contribution in [3.8, 4) is 0 Å². The van der Waals surface area contributed by atoms with Crippen LogP contribution in [0.1, 0.15) is 31.2 Å². The van der Waals surface area contributed by atoms with E-state index >= 15 is 0 Å². The Morgan fingerprint density at radius 3 is 2.50 bits per heavy atom. The molecule has 0 unspecified atom stereocenters. The normalized spacial score (nSPS) is 22.5. The molecular weight excluding hydrogens is 203 g/mol. The van der Waals surface area contributed by atoms with Crippen LogP contribution in [-0.4, -0.2) is 13.1 Å². The van der Waals surface area contributed by atoms with Gasteiger partial charge >= 0.3 is 0 Å². The van der Waals surface area contributed by atoms with E-state index in [9.17, 15) is 4.39 Å². The summed E-state index contributed by atoms with van der Waals surface area (Å²) in [5.41, 5.74) is 8.12. The van der Waals surface area contributed by atoms with Crippen molar-refractivity contribution in [2.45, 2.75) is 31.2 Å². The Morgan fingerprint density at radius 2 is 1.88 bits per heavy atom. The fraction of sp³-hybridized carbons (Fsp3) is 0.538. The maximum atomic E-state index is 13.3. The van der Waals surface area contributed by atoms with Crippen LogP contribution >= 0.6 is 0 Å². The minimum absolute atomic E-state index is 0.172. The average Bonchev–Trinajstić information content (AvgIpc) is 2.82. The van der Waals surface area contributed by atoms with Gasteiger partial charge in [0.05, 0.1) is 0 Å². The minimum Gasteiger partial charge on any atom is -0.371 e. The van der Waals surface area contributed by atoms with E-state index in [1.807, 2.05) is 6.07 Å². The molecule has 0 amide bonds. The Balaban J connectivity index is 2.02. The summed E-state index contributed by atoms with van der Waals surface area (Å²) in [4.78, 5) is 2.34. The lowest BCUT2D eigenvalue weighted by Crippen LogP contribution is -2.26. The first-order chi connectivity index (χ1) is 7.69. The molecule has 2 nitrogen and oxygen atoms in total. The summed E-state index contributed by atoms with van der Waals surface area (Å²) in [6.45, 7) is 2.16. The second-order valence-electron chi connectivity index (χ2n) is 5.01. The molecule has 2 N–H and O–H groups in total. The standard InChI is InChI=1S/C13H17FN2/c14-10-3-4-12(16-7-1-2-8-16)11(9-10)13(15)5-6-13/h3-4,9H,1-2,5-8,15H2. The van der Waals surface area contributed by atoms with Gasteiger partial charge in [0.1, 0.15) is 5.82 Å². The highest BCUT2D eigenvalue weighted by atomic mass is 19.1. The molecule has 3 heteroatoms. The molecule has 86 valence electrons. The Morgan fingerprint density at radius 1 is 1.19 bits per heavy atom. The molecule has 0 spiro atoms. The number of hydrogen-bond donors (Lipinski definition) is 1. The van der Waals surface area contributed by atoms with Crippen molar-refractivity contribution >= 4 is 5.69 Å². The number of benzene rings is 1. The molecule has 1 aromatic carbocycles. The van der Waals surface area contributed by atoms with Crippen molar-refractivity contribution in [1.29, 1.82) is 0 Å². The van der Waals surface area contributed by atoms with Gasteiger partial charge in [-0.2, -0.15) is 0 Å². The average molecular weight is 220 g/mol. The highest BCUT2D eigenvalue weighted by Gasteiger charge is 2.42. The molecule has 2 aliphatic rings. The van der Waals surface area contributed by atoms with Crippen LogP contribution in [0.4, 0.5) is 10.1 Å². The molecule has 0 bridgehead atoms. The zero-order valence-corrected chi connectivity index (χ0v) is 9.38. The lowest BCUT2D eigenvalue weighted by Gasteiger charge is -2.24. The summed E-state index contributed by atoms with van der Waals surface area (Å²) < 4.78 is 13.3. The number of nitrogens with two attached hydrogens (primary N) is 1. The second-order valence-corrected chi connectivity index (χ2v) is 5.01. The van der Waals surface area contributed by atoms with E-state index in [4.69, 9.17) is 5.73 Å². The Labute approximate surface area is 95.2 Å². The van der Waals surface area contributed by atoms with Gasteiger partial charge in [-0.15, -0.1) is 0 Å². The number of hydrogen-bond acceptors (Lipinski definition) is 2. The zero-order chi connectivity index (χ0) is 11.2. The van der Waals surface area contributed by atoms with Crippen LogP contribution in [0.3, 0.4) is 0 Å². The first kappa shape index (κ1) is 10.1. The molecule has 2 fully saturated rings. The Bertz CT molecular complexity index is 406. The fourth-order valence-electron chi connectivity index (χ4n) is 2.54. The Kier molecular flexibility index (Phi) is 2.18. The molecule has 1 aliphatic heterocycles. The van der Waals surface area contributed by atoms with E-state index in [1.165, 1.54) is 12.8 Å². The van der Waals surface area contributed by atoms with Gasteiger partial charge < -0.3 is 10.6 Å². The SMILES string of the molecule is NC1(c2cc(F)ccc2N2CCCC2)CC1. The minimum atomic E-state index is -0.250. The summed E-state index contributed by atoms with van der Waals surface area (Å²) in [7, 11) is 0. The first-order valence-corrected chi connectivity index (χ1v) is 6.03. The second kappa shape index (κ2) is 3.45. The van der Waals surface area contributed by atoms with E-state index in [1.54, 1.807) is 12.1 Å². The summed E-state index contributed by atoms with van der Waals surface area (Å²) in [6, 6.07) is 5.06. The Hall–Kier alpha value is -1.09. The molecule has 0 atom stereocenters.